The molecular weight excluding hydrogens is 371 g/mol. The first kappa shape index (κ1) is 19.6. The van der Waals surface area contributed by atoms with Crippen LogP contribution in [0.5, 0.6) is 0 Å². The van der Waals surface area contributed by atoms with Crippen molar-refractivity contribution in [3.05, 3.63) is 59.4 Å². The van der Waals surface area contributed by atoms with Gasteiger partial charge in [-0.25, -0.2) is 4.39 Å². The topological polar surface area (TPSA) is 58.6 Å². The third-order valence-corrected chi connectivity index (χ3v) is 5.70. The van der Waals surface area contributed by atoms with Gasteiger partial charge in [0.25, 0.3) is 5.91 Å². The number of benzene rings is 2. The molecule has 0 aliphatic carbocycles. The number of carbonyl (C=O) groups is 2. The van der Waals surface area contributed by atoms with E-state index in [0.717, 1.165) is 42.5 Å². The number of hydrogen-bond acceptors (Lipinski definition) is 3. The van der Waals surface area contributed by atoms with Crippen LogP contribution in [0.1, 0.15) is 43.2 Å². The van der Waals surface area contributed by atoms with Gasteiger partial charge in [0, 0.05) is 24.5 Å². The predicted octanol–water partition coefficient (Wildman–Crippen LogP) is 4.03. The van der Waals surface area contributed by atoms with Crippen molar-refractivity contribution >= 4 is 23.2 Å². The molecule has 2 aliphatic rings. The van der Waals surface area contributed by atoms with Gasteiger partial charge in [0.15, 0.2) is 0 Å². The quantitative estimate of drug-likeness (QED) is 0.849. The lowest BCUT2D eigenvalue weighted by Crippen LogP contribution is -2.42. The van der Waals surface area contributed by atoms with E-state index in [1.54, 1.807) is 12.1 Å². The summed E-state index contributed by atoms with van der Waals surface area (Å²) in [5.74, 6) is -0.819. The van der Waals surface area contributed by atoms with Gasteiger partial charge in [-0.3, -0.25) is 9.59 Å². The molecular formula is C23H25FN2O3. The second-order valence-corrected chi connectivity index (χ2v) is 7.70. The first-order valence-corrected chi connectivity index (χ1v) is 10.1. The number of carbonyl (C=O) groups excluding carboxylic acids is 2. The van der Waals surface area contributed by atoms with Crippen molar-refractivity contribution in [2.24, 2.45) is 0 Å². The summed E-state index contributed by atoms with van der Waals surface area (Å²) < 4.78 is 18.6. The van der Waals surface area contributed by atoms with Crippen molar-refractivity contribution in [2.75, 3.05) is 23.4 Å². The summed E-state index contributed by atoms with van der Waals surface area (Å²) >= 11 is 0. The third kappa shape index (κ3) is 4.17. The SMILES string of the molecule is CC(C(=O)Nc1ccc(F)cc1)c1ccc2c(c1)CCCN2C(=O)C1CCCO1. The number of rotatable bonds is 4. The Labute approximate surface area is 169 Å². The lowest BCUT2D eigenvalue weighted by molar-refractivity contribution is -0.127. The van der Waals surface area contributed by atoms with E-state index in [2.05, 4.69) is 5.32 Å². The summed E-state index contributed by atoms with van der Waals surface area (Å²) in [4.78, 5) is 27.3. The molecule has 2 atom stereocenters. The zero-order valence-corrected chi connectivity index (χ0v) is 16.5. The van der Waals surface area contributed by atoms with Crippen LogP contribution in [-0.2, 0) is 20.7 Å². The van der Waals surface area contributed by atoms with Crippen LogP contribution in [0.15, 0.2) is 42.5 Å². The molecule has 2 amide bonds. The molecule has 0 aromatic heterocycles. The van der Waals surface area contributed by atoms with Gasteiger partial charge in [-0.1, -0.05) is 12.1 Å². The molecule has 5 nitrogen and oxygen atoms in total. The minimum atomic E-state index is -0.366. The molecule has 4 rings (SSSR count). The molecule has 2 aliphatic heterocycles. The first-order chi connectivity index (χ1) is 14.0. The van der Waals surface area contributed by atoms with Crippen molar-refractivity contribution in [1.29, 1.82) is 0 Å². The Morgan fingerprint density at radius 3 is 2.69 bits per heavy atom. The number of anilines is 2. The normalized spacial score (nSPS) is 19.5. The number of aryl methyl sites for hydroxylation is 1. The Balaban J connectivity index is 1.50. The van der Waals surface area contributed by atoms with Crippen LogP contribution in [0.3, 0.4) is 0 Å². The van der Waals surface area contributed by atoms with Crippen LogP contribution in [0.2, 0.25) is 0 Å². The Morgan fingerprint density at radius 2 is 1.97 bits per heavy atom. The predicted molar refractivity (Wildman–Crippen MR) is 110 cm³/mol. The highest BCUT2D eigenvalue weighted by atomic mass is 19.1. The molecule has 2 aromatic rings. The molecule has 152 valence electrons. The second kappa shape index (κ2) is 8.33. The van der Waals surface area contributed by atoms with E-state index in [1.165, 1.54) is 12.1 Å². The summed E-state index contributed by atoms with van der Waals surface area (Å²) in [5.41, 5.74) is 3.47. The first-order valence-electron chi connectivity index (χ1n) is 10.1. The average molecular weight is 396 g/mol. The van der Waals surface area contributed by atoms with Crippen molar-refractivity contribution in [1.82, 2.24) is 0 Å². The van der Waals surface area contributed by atoms with Gasteiger partial charge >= 0.3 is 0 Å². The second-order valence-electron chi connectivity index (χ2n) is 7.70. The Morgan fingerprint density at radius 1 is 1.17 bits per heavy atom. The minimum absolute atomic E-state index is 0.0401. The molecule has 29 heavy (non-hydrogen) atoms. The molecule has 0 radical (unpaired) electrons. The molecule has 6 heteroatoms. The zero-order chi connectivity index (χ0) is 20.4. The molecule has 0 bridgehead atoms. The highest BCUT2D eigenvalue weighted by Gasteiger charge is 2.31. The number of nitrogens with zero attached hydrogens (tertiary/aromatic N) is 1. The zero-order valence-electron chi connectivity index (χ0n) is 16.5. The van der Waals surface area contributed by atoms with Gasteiger partial charge in [0.1, 0.15) is 11.9 Å². The van der Waals surface area contributed by atoms with Crippen molar-refractivity contribution in [2.45, 2.75) is 44.6 Å². The average Bonchev–Trinajstić information content (AvgIpc) is 3.28. The number of ether oxygens (including phenoxy) is 1. The van der Waals surface area contributed by atoms with Gasteiger partial charge in [0.05, 0.1) is 5.92 Å². The van der Waals surface area contributed by atoms with Crippen molar-refractivity contribution in [3.63, 3.8) is 0 Å². The third-order valence-electron chi connectivity index (χ3n) is 5.70. The summed E-state index contributed by atoms with van der Waals surface area (Å²) in [6.45, 7) is 3.20. The number of hydrogen-bond donors (Lipinski definition) is 1. The van der Waals surface area contributed by atoms with Gasteiger partial charge in [0.2, 0.25) is 5.91 Å². The van der Waals surface area contributed by atoms with Crippen molar-refractivity contribution in [3.8, 4) is 0 Å². The van der Waals surface area contributed by atoms with Gasteiger partial charge in [-0.15, -0.1) is 0 Å². The smallest absolute Gasteiger partial charge is 0.256 e. The molecule has 2 heterocycles. The molecule has 1 saturated heterocycles. The molecule has 0 spiro atoms. The maximum atomic E-state index is 13.0. The summed E-state index contributed by atoms with van der Waals surface area (Å²) in [6.07, 6.45) is 3.15. The van der Waals surface area contributed by atoms with E-state index >= 15 is 0 Å². The monoisotopic (exact) mass is 396 g/mol. The fourth-order valence-electron chi connectivity index (χ4n) is 4.00. The minimum Gasteiger partial charge on any atom is -0.368 e. The lowest BCUT2D eigenvalue weighted by Gasteiger charge is -2.31. The Hall–Kier alpha value is -2.73. The highest BCUT2D eigenvalue weighted by molar-refractivity contribution is 5.98. The fourth-order valence-corrected chi connectivity index (χ4v) is 4.00. The summed E-state index contributed by atoms with van der Waals surface area (Å²) in [7, 11) is 0. The molecule has 2 aromatic carbocycles. The number of halogens is 1. The highest BCUT2D eigenvalue weighted by Crippen LogP contribution is 2.32. The molecule has 1 N–H and O–H groups in total. The van der Waals surface area contributed by atoms with E-state index in [-0.39, 0.29) is 29.7 Å². The van der Waals surface area contributed by atoms with Gasteiger partial charge < -0.3 is 15.0 Å². The fraction of sp³-hybridized carbons (Fsp3) is 0.391. The van der Waals surface area contributed by atoms with Crippen LogP contribution >= 0.6 is 0 Å². The van der Waals surface area contributed by atoms with Crippen LogP contribution in [0, 0.1) is 5.82 Å². The van der Waals surface area contributed by atoms with Gasteiger partial charge in [-0.2, -0.15) is 0 Å². The molecule has 2 unspecified atom stereocenters. The van der Waals surface area contributed by atoms with E-state index < -0.39 is 0 Å². The van der Waals surface area contributed by atoms with Crippen LogP contribution in [0.25, 0.3) is 0 Å². The van der Waals surface area contributed by atoms with Crippen LogP contribution < -0.4 is 10.2 Å². The van der Waals surface area contributed by atoms with E-state index in [0.29, 0.717) is 18.8 Å². The molecule has 1 fully saturated rings. The van der Waals surface area contributed by atoms with E-state index in [9.17, 15) is 14.0 Å². The maximum absolute atomic E-state index is 13.0. The van der Waals surface area contributed by atoms with Crippen molar-refractivity contribution < 1.29 is 18.7 Å². The van der Waals surface area contributed by atoms with Crippen LogP contribution in [-0.4, -0.2) is 31.1 Å². The van der Waals surface area contributed by atoms with Crippen LogP contribution in [0.4, 0.5) is 15.8 Å². The number of fused-ring (bicyclic) bond motifs is 1. The lowest BCUT2D eigenvalue weighted by atomic mass is 9.93. The molecule has 0 saturated carbocycles. The Bertz CT molecular complexity index is 907. The van der Waals surface area contributed by atoms with E-state index in [4.69, 9.17) is 4.74 Å². The number of amides is 2. The maximum Gasteiger partial charge on any atom is 0.256 e. The van der Waals surface area contributed by atoms with Gasteiger partial charge in [-0.05, 0) is 74.1 Å². The number of nitrogens with one attached hydrogen (secondary N) is 1. The standard InChI is InChI=1S/C23H25FN2O3/c1-15(22(27)25-19-9-7-18(24)8-10-19)16-6-11-20-17(14-16)4-2-12-26(20)23(28)21-5-3-13-29-21/h6-11,14-15,21H,2-5,12-13H2,1H3,(H,25,27). The summed E-state index contributed by atoms with van der Waals surface area (Å²) in [5, 5.41) is 2.82. The largest absolute Gasteiger partial charge is 0.368 e. The van der Waals surface area contributed by atoms with E-state index in [1.807, 2.05) is 30.0 Å². The summed E-state index contributed by atoms with van der Waals surface area (Å²) in [6, 6.07) is 11.6. The Kier molecular flexibility index (Phi) is 5.62.